The Kier molecular flexibility index (Phi) is 3.66. The van der Waals surface area contributed by atoms with Gasteiger partial charge in [-0.2, -0.15) is 0 Å². The predicted molar refractivity (Wildman–Crippen MR) is 81.5 cm³/mol. The molecule has 0 saturated carbocycles. The highest BCUT2D eigenvalue weighted by molar-refractivity contribution is 7.80. The molecule has 3 heterocycles. The van der Waals surface area contributed by atoms with E-state index in [1.165, 1.54) is 32.4 Å². The maximum Gasteiger partial charge on any atom is 0.129 e. The molecule has 4 nitrogen and oxygen atoms in total. The van der Waals surface area contributed by atoms with Gasteiger partial charge >= 0.3 is 0 Å². The van der Waals surface area contributed by atoms with Crippen molar-refractivity contribution in [2.24, 2.45) is 5.73 Å². The van der Waals surface area contributed by atoms with Gasteiger partial charge in [0.2, 0.25) is 0 Å². The van der Waals surface area contributed by atoms with Gasteiger partial charge in [-0.15, -0.1) is 0 Å². The van der Waals surface area contributed by atoms with Gasteiger partial charge in [-0.3, -0.25) is 4.90 Å². The fourth-order valence-electron chi connectivity index (χ4n) is 3.16. The average molecular weight is 276 g/mol. The maximum atomic E-state index is 5.71. The number of hydrogen-bond acceptors (Lipinski definition) is 4. The Morgan fingerprint density at radius 2 is 2.16 bits per heavy atom. The van der Waals surface area contributed by atoms with Gasteiger partial charge in [0, 0.05) is 37.4 Å². The van der Waals surface area contributed by atoms with Crippen LogP contribution >= 0.6 is 12.2 Å². The zero-order chi connectivity index (χ0) is 13.2. The first-order valence-electron chi connectivity index (χ1n) is 6.99. The number of aromatic nitrogens is 1. The van der Waals surface area contributed by atoms with Crippen LogP contribution in [0.1, 0.15) is 24.8 Å². The largest absolute Gasteiger partial charge is 0.389 e. The Balaban J connectivity index is 1.80. The Bertz CT molecular complexity index is 476. The summed E-state index contributed by atoms with van der Waals surface area (Å²) in [5, 5.41) is 0. The molecule has 19 heavy (non-hydrogen) atoms. The van der Waals surface area contributed by atoms with E-state index in [1.54, 1.807) is 6.20 Å². The van der Waals surface area contributed by atoms with Crippen LogP contribution in [0.3, 0.4) is 0 Å². The van der Waals surface area contributed by atoms with Crippen molar-refractivity contribution in [3.63, 3.8) is 0 Å². The quantitative estimate of drug-likeness (QED) is 0.827. The van der Waals surface area contributed by atoms with Crippen molar-refractivity contribution >= 4 is 23.0 Å². The number of pyridine rings is 1. The van der Waals surface area contributed by atoms with Crippen LogP contribution in [0.5, 0.6) is 0 Å². The summed E-state index contributed by atoms with van der Waals surface area (Å²) in [7, 11) is 0. The molecule has 5 heteroatoms. The minimum atomic E-state index is 0.445. The molecule has 1 atom stereocenters. The van der Waals surface area contributed by atoms with Gasteiger partial charge in [0.1, 0.15) is 10.8 Å². The van der Waals surface area contributed by atoms with E-state index in [1.807, 2.05) is 12.1 Å². The van der Waals surface area contributed by atoms with Crippen molar-refractivity contribution in [1.29, 1.82) is 0 Å². The molecular formula is C14H20N4S. The van der Waals surface area contributed by atoms with E-state index in [0.717, 1.165) is 24.5 Å². The number of fused-ring (bicyclic) bond motifs is 1. The van der Waals surface area contributed by atoms with Crippen LogP contribution in [-0.4, -0.2) is 47.1 Å². The van der Waals surface area contributed by atoms with Gasteiger partial charge in [0.15, 0.2) is 0 Å². The van der Waals surface area contributed by atoms with Crippen molar-refractivity contribution in [2.75, 3.05) is 31.1 Å². The zero-order valence-electron chi connectivity index (χ0n) is 11.1. The number of hydrogen-bond donors (Lipinski definition) is 1. The van der Waals surface area contributed by atoms with Crippen molar-refractivity contribution in [2.45, 2.75) is 25.3 Å². The highest BCUT2D eigenvalue weighted by atomic mass is 32.1. The van der Waals surface area contributed by atoms with Gasteiger partial charge in [-0.1, -0.05) is 12.2 Å². The van der Waals surface area contributed by atoms with Crippen molar-refractivity contribution in [3.8, 4) is 0 Å². The third-order valence-corrected chi connectivity index (χ3v) is 4.39. The Hall–Kier alpha value is -1.20. The fourth-order valence-corrected chi connectivity index (χ4v) is 3.29. The molecular weight excluding hydrogens is 256 g/mol. The van der Waals surface area contributed by atoms with Gasteiger partial charge in [-0.25, -0.2) is 4.98 Å². The van der Waals surface area contributed by atoms with Crippen molar-refractivity contribution in [3.05, 3.63) is 23.9 Å². The van der Waals surface area contributed by atoms with E-state index in [4.69, 9.17) is 18.0 Å². The second-order valence-electron chi connectivity index (χ2n) is 5.40. The van der Waals surface area contributed by atoms with E-state index >= 15 is 0 Å². The van der Waals surface area contributed by atoms with Crippen molar-refractivity contribution < 1.29 is 0 Å². The fraction of sp³-hybridized carbons (Fsp3) is 0.571. The van der Waals surface area contributed by atoms with Crippen molar-refractivity contribution in [1.82, 2.24) is 9.88 Å². The lowest BCUT2D eigenvalue weighted by atomic mass is 10.2. The van der Waals surface area contributed by atoms with E-state index in [2.05, 4.69) is 14.8 Å². The van der Waals surface area contributed by atoms with Crippen LogP contribution in [0.4, 0.5) is 5.82 Å². The third kappa shape index (κ3) is 2.72. The van der Waals surface area contributed by atoms with Crippen LogP contribution in [0.15, 0.2) is 18.3 Å². The summed E-state index contributed by atoms with van der Waals surface area (Å²) < 4.78 is 0. The predicted octanol–water partition coefficient (Wildman–Crippen LogP) is 1.39. The molecule has 1 aromatic rings. The summed E-state index contributed by atoms with van der Waals surface area (Å²) >= 11 is 5.05. The number of nitrogens with two attached hydrogens (primary N) is 1. The SMILES string of the molecule is NC(=S)c1ccnc(N2CCCN3CCCC3C2)c1. The van der Waals surface area contributed by atoms with Gasteiger partial charge in [-0.05, 0) is 37.9 Å². The molecule has 0 aromatic carbocycles. The van der Waals surface area contributed by atoms with Gasteiger partial charge in [0.25, 0.3) is 0 Å². The van der Waals surface area contributed by atoms with Crippen LogP contribution in [0.2, 0.25) is 0 Å². The molecule has 102 valence electrons. The van der Waals surface area contributed by atoms with Crippen LogP contribution in [0.25, 0.3) is 0 Å². The molecule has 2 aliphatic heterocycles. The molecule has 2 N–H and O–H groups in total. The second-order valence-corrected chi connectivity index (χ2v) is 5.84. The smallest absolute Gasteiger partial charge is 0.129 e. The van der Waals surface area contributed by atoms with Gasteiger partial charge < -0.3 is 10.6 Å². The highest BCUT2D eigenvalue weighted by Crippen LogP contribution is 2.24. The number of nitrogens with zero attached hydrogens (tertiary/aromatic N) is 3. The topological polar surface area (TPSA) is 45.4 Å². The Morgan fingerprint density at radius 1 is 1.32 bits per heavy atom. The zero-order valence-corrected chi connectivity index (χ0v) is 11.9. The normalized spacial score (nSPS) is 24.0. The molecule has 0 spiro atoms. The first-order valence-corrected chi connectivity index (χ1v) is 7.40. The Morgan fingerprint density at radius 3 is 3.00 bits per heavy atom. The van der Waals surface area contributed by atoms with E-state index in [9.17, 15) is 0 Å². The first kappa shape index (κ1) is 12.8. The Labute approximate surface area is 119 Å². The summed E-state index contributed by atoms with van der Waals surface area (Å²) in [6, 6.07) is 4.59. The summed E-state index contributed by atoms with van der Waals surface area (Å²) in [5.41, 5.74) is 6.62. The monoisotopic (exact) mass is 276 g/mol. The van der Waals surface area contributed by atoms with Crippen LogP contribution in [-0.2, 0) is 0 Å². The minimum Gasteiger partial charge on any atom is -0.389 e. The maximum absolute atomic E-state index is 5.71. The van der Waals surface area contributed by atoms with Crippen LogP contribution in [0, 0.1) is 0 Å². The molecule has 0 amide bonds. The van der Waals surface area contributed by atoms with E-state index in [0.29, 0.717) is 11.0 Å². The highest BCUT2D eigenvalue weighted by Gasteiger charge is 2.29. The third-order valence-electron chi connectivity index (χ3n) is 4.16. The molecule has 2 saturated heterocycles. The molecule has 2 fully saturated rings. The standard InChI is InChI=1S/C14H20N4S/c15-14(19)11-4-5-16-13(9-11)18-8-2-7-17-6-1-3-12(17)10-18/h4-5,9,12H,1-3,6-8,10H2,(H2,15,19). The lowest BCUT2D eigenvalue weighted by Crippen LogP contribution is -2.37. The molecule has 2 aliphatic rings. The van der Waals surface area contributed by atoms with E-state index < -0.39 is 0 Å². The van der Waals surface area contributed by atoms with E-state index in [-0.39, 0.29) is 0 Å². The molecule has 3 rings (SSSR count). The summed E-state index contributed by atoms with van der Waals surface area (Å²) in [4.78, 5) is 9.95. The first-order chi connectivity index (χ1) is 9.24. The molecule has 0 aliphatic carbocycles. The molecule has 0 bridgehead atoms. The van der Waals surface area contributed by atoms with Crippen LogP contribution < -0.4 is 10.6 Å². The lowest BCUT2D eigenvalue weighted by molar-refractivity contribution is 0.273. The minimum absolute atomic E-state index is 0.445. The lowest BCUT2D eigenvalue weighted by Gasteiger charge is -2.26. The molecule has 1 unspecified atom stereocenters. The summed E-state index contributed by atoms with van der Waals surface area (Å²) in [6.07, 6.45) is 5.65. The average Bonchev–Trinajstić information content (AvgIpc) is 2.76. The molecule has 0 radical (unpaired) electrons. The molecule has 1 aromatic heterocycles. The number of anilines is 1. The summed E-state index contributed by atoms with van der Waals surface area (Å²) in [5.74, 6) is 1.01. The second kappa shape index (κ2) is 5.43. The summed E-state index contributed by atoms with van der Waals surface area (Å²) in [6.45, 7) is 4.63. The number of rotatable bonds is 2. The number of thiocarbonyl (C=S) groups is 1. The van der Waals surface area contributed by atoms with Gasteiger partial charge in [0.05, 0.1) is 0 Å².